The van der Waals surface area contributed by atoms with Crippen LogP contribution in [0, 0.1) is 5.92 Å². The van der Waals surface area contributed by atoms with E-state index in [4.69, 9.17) is 21.2 Å². The van der Waals surface area contributed by atoms with Gasteiger partial charge in [-0.3, -0.25) is 4.79 Å². The van der Waals surface area contributed by atoms with Gasteiger partial charge in [-0.25, -0.2) is 0 Å². The van der Waals surface area contributed by atoms with Crippen molar-refractivity contribution in [2.45, 2.75) is 12.8 Å². The number of carbonyl (C=O) groups excluding carboxylic acids is 1. The van der Waals surface area contributed by atoms with Gasteiger partial charge in [0.25, 0.3) is 5.91 Å². The molecular formula is C16H17ClN2O3. The lowest BCUT2D eigenvalue weighted by Gasteiger charge is -2.30. The minimum absolute atomic E-state index is 0.155. The molecule has 3 rings (SSSR count). The second kappa shape index (κ2) is 6.50. The van der Waals surface area contributed by atoms with Crippen molar-refractivity contribution in [2.75, 3.05) is 19.7 Å². The van der Waals surface area contributed by atoms with Crippen molar-refractivity contribution in [1.82, 2.24) is 10.1 Å². The maximum Gasteiger partial charge on any atom is 0.292 e. The van der Waals surface area contributed by atoms with Crippen LogP contribution in [0.1, 0.15) is 23.4 Å². The predicted octanol–water partition coefficient (Wildman–Crippen LogP) is 2.84. The predicted molar refractivity (Wildman–Crippen MR) is 82.7 cm³/mol. The van der Waals surface area contributed by atoms with E-state index in [1.54, 1.807) is 23.1 Å². The van der Waals surface area contributed by atoms with Gasteiger partial charge in [-0.2, -0.15) is 0 Å². The van der Waals surface area contributed by atoms with E-state index in [-0.39, 0.29) is 18.3 Å². The first-order chi connectivity index (χ1) is 10.7. The zero-order valence-corrected chi connectivity index (χ0v) is 12.8. The summed E-state index contributed by atoms with van der Waals surface area (Å²) in [4.78, 5) is 14.2. The summed E-state index contributed by atoms with van der Waals surface area (Å²) >= 11 is 5.96. The maximum absolute atomic E-state index is 12.4. The smallest absolute Gasteiger partial charge is 0.292 e. The van der Waals surface area contributed by atoms with Crippen LogP contribution in [0.5, 0.6) is 0 Å². The summed E-state index contributed by atoms with van der Waals surface area (Å²) in [5.74, 6) is 0.371. The first-order valence-corrected chi connectivity index (χ1v) is 7.68. The zero-order chi connectivity index (χ0) is 15.5. The summed E-state index contributed by atoms with van der Waals surface area (Å²) in [6.45, 7) is 1.46. The molecule has 0 unspecified atom stereocenters. The Morgan fingerprint density at radius 2 is 2.14 bits per heavy atom. The lowest BCUT2D eigenvalue weighted by Crippen LogP contribution is -2.39. The van der Waals surface area contributed by atoms with Crippen molar-refractivity contribution < 1.29 is 14.4 Å². The van der Waals surface area contributed by atoms with Gasteiger partial charge in [0.2, 0.25) is 5.76 Å². The van der Waals surface area contributed by atoms with Gasteiger partial charge >= 0.3 is 0 Å². The summed E-state index contributed by atoms with van der Waals surface area (Å²) in [7, 11) is 0. The van der Waals surface area contributed by atoms with E-state index >= 15 is 0 Å². The summed E-state index contributed by atoms with van der Waals surface area (Å²) in [6.07, 6.45) is 1.63. The number of rotatable bonds is 3. The van der Waals surface area contributed by atoms with Crippen molar-refractivity contribution in [1.29, 1.82) is 0 Å². The molecule has 0 saturated carbocycles. The molecule has 0 spiro atoms. The largest absolute Gasteiger partial charge is 0.396 e. The van der Waals surface area contributed by atoms with Crippen LogP contribution in [-0.4, -0.2) is 40.8 Å². The monoisotopic (exact) mass is 320 g/mol. The van der Waals surface area contributed by atoms with E-state index in [2.05, 4.69) is 5.16 Å². The second-order valence-electron chi connectivity index (χ2n) is 5.50. The number of likely N-dealkylation sites (tertiary alicyclic amines) is 1. The number of aliphatic hydroxyl groups is 1. The van der Waals surface area contributed by atoms with Crippen molar-refractivity contribution in [2.24, 2.45) is 5.92 Å². The number of nitrogens with zero attached hydrogens (tertiary/aromatic N) is 2. The highest BCUT2D eigenvalue weighted by Gasteiger charge is 2.25. The van der Waals surface area contributed by atoms with Gasteiger partial charge < -0.3 is 14.5 Å². The Morgan fingerprint density at radius 3 is 2.82 bits per heavy atom. The van der Waals surface area contributed by atoms with Gasteiger partial charge in [-0.15, -0.1) is 0 Å². The highest BCUT2D eigenvalue weighted by molar-refractivity contribution is 6.30. The lowest BCUT2D eigenvalue weighted by atomic mass is 9.98. The molecule has 1 saturated heterocycles. The first-order valence-electron chi connectivity index (χ1n) is 7.30. The minimum Gasteiger partial charge on any atom is -0.396 e. The van der Waals surface area contributed by atoms with Crippen LogP contribution in [0.3, 0.4) is 0 Å². The molecule has 1 aromatic carbocycles. The molecule has 116 valence electrons. The van der Waals surface area contributed by atoms with Gasteiger partial charge in [0.05, 0.1) is 0 Å². The van der Waals surface area contributed by atoms with Gasteiger partial charge in [0.1, 0.15) is 5.69 Å². The Morgan fingerprint density at radius 1 is 1.36 bits per heavy atom. The number of benzene rings is 1. The normalized spacial score (nSPS) is 16.0. The standard InChI is InChI=1S/C16H17ClN2O3/c17-13-3-1-2-12(8-13)14-9-15(22-18-14)16(21)19-6-4-11(10-20)5-7-19/h1-3,8-9,11,20H,4-7,10H2. The highest BCUT2D eigenvalue weighted by Crippen LogP contribution is 2.24. The second-order valence-corrected chi connectivity index (χ2v) is 5.94. The average Bonchev–Trinajstić information content (AvgIpc) is 3.04. The molecule has 1 N–H and O–H groups in total. The van der Waals surface area contributed by atoms with Crippen LogP contribution in [0.2, 0.25) is 5.02 Å². The molecule has 0 aliphatic carbocycles. The molecule has 2 heterocycles. The van der Waals surface area contributed by atoms with Gasteiger partial charge in [0.15, 0.2) is 0 Å². The molecular weight excluding hydrogens is 304 g/mol. The lowest BCUT2D eigenvalue weighted by molar-refractivity contribution is 0.0611. The fraction of sp³-hybridized carbons (Fsp3) is 0.375. The zero-order valence-electron chi connectivity index (χ0n) is 12.0. The Labute approximate surface area is 133 Å². The van der Waals surface area contributed by atoms with Gasteiger partial charge in [-0.1, -0.05) is 28.9 Å². The SMILES string of the molecule is O=C(c1cc(-c2cccc(Cl)c2)no1)N1CCC(CO)CC1. The van der Waals surface area contributed by atoms with Crippen LogP contribution >= 0.6 is 11.6 Å². The summed E-state index contributed by atoms with van der Waals surface area (Å²) < 4.78 is 5.19. The molecule has 1 fully saturated rings. The molecule has 22 heavy (non-hydrogen) atoms. The van der Waals surface area contributed by atoms with E-state index in [0.717, 1.165) is 18.4 Å². The summed E-state index contributed by atoms with van der Waals surface area (Å²) in [6, 6.07) is 8.90. The molecule has 6 heteroatoms. The molecule has 2 aromatic rings. The summed E-state index contributed by atoms with van der Waals surface area (Å²) in [5, 5.41) is 13.7. The van der Waals surface area contributed by atoms with E-state index < -0.39 is 0 Å². The number of amides is 1. The number of aromatic nitrogens is 1. The molecule has 5 nitrogen and oxygen atoms in total. The maximum atomic E-state index is 12.4. The Kier molecular flexibility index (Phi) is 4.45. The number of aliphatic hydroxyl groups excluding tert-OH is 1. The van der Waals surface area contributed by atoms with Crippen molar-refractivity contribution in [3.63, 3.8) is 0 Å². The number of carbonyl (C=O) groups is 1. The quantitative estimate of drug-likeness (QED) is 0.944. The van der Waals surface area contributed by atoms with E-state index in [9.17, 15) is 4.79 Å². The molecule has 0 atom stereocenters. The Hall–Kier alpha value is -1.85. The number of halogens is 1. The van der Waals surface area contributed by atoms with Crippen LogP contribution in [0.15, 0.2) is 34.9 Å². The van der Waals surface area contributed by atoms with E-state index in [1.165, 1.54) is 0 Å². The van der Waals surface area contributed by atoms with Crippen LogP contribution in [-0.2, 0) is 0 Å². The van der Waals surface area contributed by atoms with Crippen LogP contribution < -0.4 is 0 Å². The third kappa shape index (κ3) is 3.15. The average molecular weight is 321 g/mol. The van der Waals surface area contributed by atoms with E-state index in [0.29, 0.717) is 29.7 Å². The molecule has 0 radical (unpaired) electrons. The molecule has 0 bridgehead atoms. The van der Waals surface area contributed by atoms with Gasteiger partial charge in [-0.05, 0) is 30.9 Å². The number of hydrogen-bond donors (Lipinski definition) is 1. The first kappa shape index (κ1) is 15.1. The molecule has 1 aliphatic rings. The molecule has 1 aromatic heterocycles. The Bertz CT molecular complexity index is 663. The third-order valence-electron chi connectivity index (χ3n) is 4.00. The third-order valence-corrected chi connectivity index (χ3v) is 4.24. The number of hydrogen-bond acceptors (Lipinski definition) is 4. The Balaban J connectivity index is 1.72. The topological polar surface area (TPSA) is 66.6 Å². The minimum atomic E-state index is -0.155. The fourth-order valence-electron chi connectivity index (χ4n) is 2.63. The van der Waals surface area contributed by atoms with Crippen molar-refractivity contribution in [3.8, 4) is 11.3 Å². The van der Waals surface area contributed by atoms with Crippen molar-refractivity contribution in [3.05, 3.63) is 41.1 Å². The number of piperidine rings is 1. The van der Waals surface area contributed by atoms with Crippen molar-refractivity contribution >= 4 is 17.5 Å². The summed E-state index contributed by atoms with van der Waals surface area (Å²) in [5.41, 5.74) is 1.41. The van der Waals surface area contributed by atoms with Crippen LogP contribution in [0.25, 0.3) is 11.3 Å². The molecule has 1 aliphatic heterocycles. The van der Waals surface area contributed by atoms with E-state index in [1.807, 2.05) is 12.1 Å². The van der Waals surface area contributed by atoms with Crippen LogP contribution in [0.4, 0.5) is 0 Å². The molecule has 1 amide bonds. The van der Waals surface area contributed by atoms with Gasteiger partial charge in [0, 0.05) is 36.3 Å². The highest BCUT2D eigenvalue weighted by atomic mass is 35.5. The fourth-order valence-corrected chi connectivity index (χ4v) is 2.82.